The van der Waals surface area contributed by atoms with Crippen molar-refractivity contribution < 1.29 is 9.53 Å². The number of aromatic nitrogens is 1. The summed E-state index contributed by atoms with van der Waals surface area (Å²) in [5.74, 6) is 0.838. The summed E-state index contributed by atoms with van der Waals surface area (Å²) >= 11 is 0. The number of carbonyl (C=O) groups excluding carboxylic acids is 1. The number of carbonyl (C=O) groups is 1. The van der Waals surface area contributed by atoms with E-state index < -0.39 is 0 Å². The molecule has 1 heterocycles. The van der Waals surface area contributed by atoms with Gasteiger partial charge in [-0.2, -0.15) is 0 Å². The highest BCUT2D eigenvalue weighted by atomic mass is 16.5. The first-order chi connectivity index (χ1) is 11.7. The molecule has 2 N–H and O–H groups in total. The lowest BCUT2D eigenvalue weighted by Gasteiger charge is -2.07. The number of aromatic amines is 1. The summed E-state index contributed by atoms with van der Waals surface area (Å²) in [4.78, 5) is 14.7. The second-order valence-electron chi connectivity index (χ2n) is 5.89. The Balaban J connectivity index is 1.97. The first-order valence-corrected chi connectivity index (χ1v) is 8.13. The minimum Gasteiger partial charge on any atom is -0.497 e. The maximum absolute atomic E-state index is 11.2. The smallest absolute Gasteiger partial charge is 0.216 e. The number of rotatable bonds is 6. The molecule has 0 spiro atoms. The Labute approximate surface area is 141 Å². The predicted octanol–water partition coefficient (Wildman–Crippen LogP) is 3.45. The Morgan fingerprint density at radius 1 is 1.17 bits per heavy atom. The van der Waals surface area contributed by atoms with Gasteiger partial charge >= 0.3 is 0 Å². The van der Waals surface area contributed by atoms with Crippen molar-refractivity contribution in [3.63, 3.8) is 0 Å². The third kappa shape index (κ3) is 3.59. The van der Waals surface area contributed by atoms with Crippen molar-refractivity contribution in [3.05, 3.63) is 65.4 Å². The van der Waals surface area contributed by atoms with Gasteiger partial charge in [0.05, 0.1) is 7.11 Å². The van der Waals surface area contributed by atoms with Gasteiger partial charge in [-0.3, -0.25) is 4.79 Å². The molecular weight excluding hydrogens is 300 g/mol. The lowest BCUT2D eigenvalue weighted by molar-refractivity contribution is -0.118. The van der Waals surface area contributed by atoms with E-state index in [4.69, 9.17) is 4.74 Å². The Kier molecular flexibility index (Phi) is 4.85. The highest BCUT2D eigenvalue weighted by molar-refractivity contribution is 5.86. The predicted molar refractivity (Wildman–Crippen MR) is 96.5 cm³/mol. The fourth-order valence-electron chi connectivity index (χ4n) is 3.01. The molecule has 2 aromatic carbocycles. The molecular formula is C20H22N2O2. The molecule has 4 nitrogen and oxygen atoms in total. The van der Waals surface area contributed by atoms with Gasteiger partial charge in [-0.15, -0.1) is 0 Å². The lowest BCUT2D eigenvalue weighted by Crippen LogP contribution is -2.22. The Morgan fingerprint density at radius 2 is 1.96 bits per heavy atom. The third-order valence-electron chi connectivity index (χ3n) is 4.17. The van der Waals surface area contributed by atoms with Gasteiger partial charge in [0.1, 0.15) is 5.75 Å². The maximum atomic E-state index is 11.2. The van der Waals surface area contributed by atoms with E-state index in [-0.39, 0.29) is 5.91 Å². The van der Waals surface area contributed by atoms with Gasteiger partial charge < -0.3 is 15.0 Å². The number of hydrogen-bond acceptors (Lipinski definition) is 2. The van der Waals surface area contributed by atoms with Gasteiger partial charge in [0.25, 0.3) is 0 Å². The van der Waals surface area contributed by atoms with E-state index in [1.807, 2.05) is 18.2 Å². The Morgan fingerprint density at radius 3 is 2.67 bits per heavy atom. The summed E-state index contributed by atoms with van der Waals surface area (Å²) in [7, 11) is 1.68. The zero-order valence-corrected chi connectivity index (χ0v) is 14.1. The van der Waals surface area contributed by atoms with Gasteiger partial charge in [-0.05, 0) is 35.7 Å². The molecule has 0 aliphatic carbocycles. The minimum atomic E-state index is -0.00275. The number of fused-ring (bicyclic) bond motifs is 1. The monoisotopic (exact) mass is 322 g/mol. The Hall–Kier alpha value is -2.75. The van der Waals surface area contributed by atoms with Crippen molar-refractivity contribution in [1.82, 2.24) is 10.3 Å². The van der Waals surface area contributed by atoms with Crippen molar-refractivity contribution in [2.75, 3.05) is 13.7 Å². The van der Waals surface area contributed by atoms with Gasteiger partial charge in [0.2, 0.25) is 5.91 Å². The van der Waals surface area contributed by atoms with Crippen LogP contribution in [0.25, 0.3) is 10.9 Å². The molecule has 0 aliphatic rings. The summed E-state index contributed by atoms with van der Waals surface area (Å²) in [6, 6.07) is 16.5. The molecule has 124 valence electrons. The molecule has 0 saturated carbocycles. The van der Waals surface area contributed by atoms with Crippen molar-refractivity contribution >= 4 is 16.8 Å². The molecule has 24 heavy (non-hydrogen) atoms. The van der Waals surface area contributed by atoms with E-state index in [1.165, 1.54) is 16.8 Å². The van der Waals surface area contributed by atoms with Crippen LogP contribution in [0.2, 0.25) is 0 Å². The standard InChI is InChI=1S/C20H22N2O2/c1-14(23)21-11-10-17-18-13-16(24-2)8-9-19(18)22-20(17)12-15-6-4-3-5-7-15/h3-9,13,22H,10-12H2,1-2H3,(H,21,23). The number of benzene rings is 2. The van der Waals surface area contributed by atoms with Gasteiger partial charge in [0, 0.05) is 36.5 Å². The second-order valence-corrected chi connectivity index (χ2v) is 5.89. The largest absolute Gasteiger partial charge is 0.497 e. The fraction of sp³-hybridized carbons (Fsp3) is 0.250. The quantitative estimate of drug-likeness (QED) is 0.730. The van der Waals surface area contributed by atoms with Crippen LogP contribution < -0.4 is 10.1 Å². The molecule has 1 amide bonds. The average molecular weight is 322 g/mol. The molecule has 0 fully saturated rings. The van der Waals surface area contributed by atoms with Crippen LogP contribution in [0.15, 0.2) is 48.5 Å². The van der Waals surface area contributed by atoms with Crippen LogP contribution in [-0.4, -0.2) is 24.5 Å². The van der Waals surface area contributed by atoms with Gasteiger partial charge in [-0.1, -0.05) is 30.3 Å². The molecule has 3 aromatic rings. The molecule has 3 rings (SSSR count). The molecule has 1 aromatic heterocycles. The number of hydrogen-bond donors (Lipinski definition) is 2. The summed E-state index contributed by atoms with van der Waals surface area (Å²) < 4.78 is 5.36. The van der Waals surface area contributed by atoms with Crippen LogP contribution in [0.1, 0.15) is 23.7 Å². The molecule has 0 aliphatic heterocycles. The van der Waals surface area contributed by atoms with Crippen molar-refractivity contribution in [2.45, 2.75) is 19.8 Å². The van der Waals surface area contributed by atoms with Crippen LogP contribution in [-0.2, 0) is 17.6 Å². The van der Waals surface area contributed by atoms with Crippen LogP contribution in [0.5, 0.6) is 5.75 Å². The highest BCUT2D eigenvalue weighted by Crippen LogP contribution is 2.28. The van der Waals surface area contributed by atoms with Crippen molar-refractivity contribution in [3.8, 4) is 5.75 Å². The SMILES string of the molecule is COc1ccc2[nH]c(Cc3ccccc3)c(CCNC(C)=O)c2c1. The van der Waals surface area contributed by atoms with E-state index >= 15 is 0 Å². The first kappa shape index (κ1) is 16.1. The normalized spacial score (nSPS) is 10.8. The number of ether oxygens (including phenoxy) is 1. The van der Waals surface area contributed by atoms with Crippen LogP contribution >= 0.6 is 0 Å². The van der Waals surface area contributed by atoms with Crippen LogP contribution in [0, 0.1) is 0 Å². The number of nitrogens with one attached hydrogen (secondary N) is 2. The zero-order chi connectivity index (χ0) is 16.9. The number of H-pyrrole nitrogens is 1. The third-order valence-corrected chi connectivity index (χ3v) is 4.17. The molecule has 0 bridgehead atoms. The summed E-state index contributed by atoms with van der Waals surface area (Å²) in [6.07, 6.45) is 1.63. The number of amides is 1. The summed E-state index contributed by atoms with van der Waals surface area (Å²) in [5, 5.41) is 4.04. The van der Waals surface area contributed by atoms with E-state index in [1.54, 1.807) is 14.0 Å². The molecule has 0 radical (unpaired) electrons. The maximum Gasteiger partial charge on any atom is 0.216 e. The van der Waals surface area contributed by atoms with Crippen molar-refractivity contribution in [1.29, 1.82) is 0 Å². The second kappa shape index (κ2) is 7.21. The summed E-state index contributed by atoms with van der Waals surface area (Å²) in [6.45, 7) is 2.17. The molecule has 0 unspecified atom stereocenters. The van der Waals surface area contributed by atoms with Crippen LogP contribution in [0.4, 0.5) is 0 Å². The number of methoxy groups -OCH3 is 1. The van der Waals surface area contributed by atoms with Gasteiger partial charge in [-0.25, -0.2) is 0 Å². The van der Waals surface area contributed by atoms with Crippen molar-refractivity contribution in [2.24, 2.45) is 0 Å². The molecule has 0 atom stereocenters. The first-order valence-electron chi connectivity index (χ1n) is 8.13. The van der Waals surface area contributed by atoms with Gasteiger partial charge in [0.15, 0.2) is 0 Å². The topological polar surface area (TPSA) is 54.1 Å². The fourth-order valence-corrected chi connectivity index (χ4v) is 3.01. The van der Waals surface area contributed by atoms with E-state index in [0.29, 0.717) is 6.54 Å². The summed E-state index contributed by atoms with van der Waals surface area (Å²) in [5.41, 5.74) is 4.78. The molecule has 0 saturated heterocycles. The molecule has 4 heteroatoms. The minimum absolute atomic E-state index is 0.00275. The van der Waals surface area contributed by atoms with E-state index in [2.05, 4.69) is 40.6 Å². The lowest BCUT2D eigenvalue weighted by atomic mass is 10.0. The van der Waals surface area contributed by atoms with E-state index in [0.717, 1.165) is 29.5 Å². The van der Waals surface area contributed by atoms with E-state index in [9.17, 15) is 4.79 Å². The Bertz CT molecular complexity index is 837. The van der Waals surface area contributed by atoms with Crippen LogP contribution in [0.3, 0.4) is 0 Å². The highest BCUT2D eigenvalue weighted by Gasteiger charge is 2.13. The zero-order valence-electron chi connectivity index (χ0n) is 14.1. The average Bonchev–Trinajstić information content (AvgIpc) is 2.92.